The lowest BCUT2D eigenvalue weighted by molar-refractivity contribution is -0.873. The fourth-order valence-electron chi connectivity index (χ4n) is 1.71. The molecule has 0 saturated heterocycles. The highest BCUT2D eigenvalue weighted by Gasteiger charge is 2.36. The molecule has 0 rings (SSSR count). The molecule has 0 aliphatic rings. The maximum Gasteiger partial charge on any atom is 0.316 e. The van der Waals surface area contributed by atoms with Gasteiger partial charge in [-0.25, -0.2) is 0 Å². The van der Waals surface area contributed by atoms with Crippen LogP contribution in [0.1, 0.15) is 20.3 Å². The molecule has 2 N–H and O–H groups in total. The Morgan fingerprint density at radius 1 is 1.18 bits per heavy atom. The number of aliphatic hydroxyl groups is 1. The number of carboxylic acids is 1. The minimum absolute atomic E-state index is 0.0978. The van der Waals surface area contributed by atoms with Crippen LogP contribution in [-0.2, 0) is 9.59 Å². The van der Waals surface area contributed by atoms with Gasteiger partial charge in [0.25, 0.3) is 0 Å². The summed E-state index contributed by atoms with van der Waals surface area (Å²) in [6.45, 7) is 3.94. The predicted octanol–water partition coefficient (Wildman–Crippen LogP) is 0.369. The molecule has 100 valence electrons. The summed E-state index contributed by atoms with van der Waals surface area (Å²) < 4.78 is 0.417. The molecular formula is C12H24NO4+. The second-order valence-corrected chi connectivity index (χ2v) is 5.92. The van der Waals surface area contributed by atoms with Crippen molar-refractivity contribution in [2.45, 2.75) is 26.4 Å². The number of Topliss-reactive ketones (excluding diaryl/α,β-unsaturated/α-hetero) is 1. The number of carbonyl (C=O) groups excluding carboxylic acids is 1. The smallest absolute Gasteiger partial charge is 0.316 e. The predicted molar refractivity (Wildman–Crippen MR) is 64.5 cm³/mol. The Balaban J connectivity index is 4.74. The van der Waals surface area contributed by atoms with E-state index in [4.69, 9.17) is 5.11 Å². The van der Waals surface area contributed by atoms with Gasteiger partial charge in [0.05, 0.1) is 21.1 Å². The molecule has 5 heteroatoms. The van der Waals surface area contributed by atoms with Gasteiger partial charge in [0.15, 0.2) is 0 Å². The third kappa shape index (κ3) is 6.38. The van der Waals surface area contributed by atoms with Crippen LogP contribution in [-0.4, -0.2) is 60.2 Å². The van der Waals surface area contributed by atoms with Crippen molar-refractivity contribution in [2.75, 3.05) is 27.7 Å². The van der Waals surface area contributed by atoms with Gasteiger partial charge in [-0.1, -0.05) is 13.8 Å². The van der Waals surface area contributed by atoms with Crippen molar-refractivity contribution in [3.8, 4) is 0 Å². The lowest BCUT2D eigenvalue weighted by atomic mass is 9.91. The van der Waals surface area contributed by atoms with Gasteiger partial charge in [0.1, 0.15) is 24.3 Å². The fourth-order valence-corrected chi connectivity index (χ4v) is 1.71. The highest BCUT2D eigenvalue weighted by Crippen LogP contribution is 2.14. The lowest BCUT2D eigenvalue weighted by Crippen LogP contribution is -2.48. The molecule has 0 aromatic heterocycles. The molecule has 0 aromatic carbocycles. The van der Waals surface area contributed by atoms with Gasteiger partial charge in [-0.3, -0.25) is 9.59 Å². The summed E-state index contributed by atoms with van der Waals surface area (Å²) in [6.07, 6.45) is -0.954. The minimum Gasteiger partial charge on any atom is -0.481 e. The van der Waals surface area contributed by atoms with Crippen molar-refractivity contribution in [1.29, 1.82) is 0 Å². The monoisotopic (exact) mass is 246 g/mol. The fraction of sp³-hybridized carbons (Fsp3) is 0.833. The molecule has 0 saturated carbocycles. The largest absolute Gasteiger partial charge is 0.481 e. The number of hydrogen-bond acceptors (Lipinski definition) is 3. The first kappa shape index (κ1) is 16.1. The van der Waals surface area contributed by atoms with Crippen molar-refractivity contribution in [3.05, 3.63) is 0 Å². The SMILES string of the molecule is CC(C)CC(=O)C(C(=O)O)C(O)C[N+](C)(C)C. The van der Waals surface area contributed by atoms with Crippen molar-refractivity contribution in [3.63, 3.8) is 0 Å². The summed E-state index contributed by atoms with van der Waals surface area (Å²) >= 11 is 0. The maximum atomic E-state index is 11.8. The third-order valence-electron chi connectivity index (χ3n) is 2.34. The number of nitrogens with zero attached hydrogens (tertiary/aromatic N) is 1. The Kier molecular flexibility index (Phi) is 5.78. The van der Waals surface area contributed by atoms with E-state index in [0.29, 0.717) is 4.48 Å². The molecule has 5 nitrogen and oxygen atoms in total. The quantitative estimate of drug-likeness (QED) is 0.503. The van der Waals surface area contributed by atoms with Crippen LogP contribution in [0.5, 0.6) is 0 Å². The molecule has 2 unspecified atom stereocenters. The van der Waals surface area contributed by atoms with Crippen LogP contribution in [0.25, 0.3) is 0 Å². The van der Waals surface area contributed by atoms with Gasteiger partial charge in [0, 0.05) is 6.42 Å². The summed E-state index contributed by atoms with van der Waals surface area (Å²) in [5.41, 5.74) is 0. The lowest BCUT2D eigenvalue weighted by Gasteiger charge is -2.29. The van der Waals surface area contributed by atoms with Gasteiger partial charge >= 0.3 is 5.97 Å². The Hall–Kier alpha value is -0.940. The zero-order valence-electron chi connectivity index (χ0n) is 11.3. The molecule has 0 fully saturated rings. The summed E-state index contributed by atoms with van der Waals surface area (Å²) in [7, 11) is 5.53. The van der Waals surface area contributed by atoms with Gasteiger partial charge in [-0.2, -0.15) is 0 Å². The van der Waals surface area contributed by atoms with Gasteiger partial charge in [0.2, 0.25) is 0 Å². The molecule has 0 aromatic rings. The topological polar surface area (TPSA) is 74.6 Å². The molecule has 0 bridgehead atoms. The Morgan fingerprint density at radius 2 is 1.65 bits per heavy atom. The van der Waals surface area contributed by atoms with Gasteiger partial charge in [-0.15, -0.1) is 0 Å². The van der Waals surface area contributed by atoms with Crippen LogP contribution in [0.15, 0.2) is 0 Å². The summed E-state index contributed by atoms with van der Waals surface area (Å²) in [5, 5.41) is 18.9. The van der Waals surface area contributed by atoms with Gasteiger partial charge < -0.3 is 14.7 Å². The van der Waals surface area contributed by atoms with Gasteiger partial charge in [-0.05, 0) is 5.92 Å². The van der Waals surface area contributed by atoms with Crippen LogP contribution in [0.3, 0.4) is 0 Å². The number of quaternary nitrogens is 1. The second-order valence-electron chi connectivity index (χ2n) is 5.92. The average Bonchev–Trinajstić information content (AvgIpc) is 1.96. The van der Waals surface area contributed by atoms with Crippen LogP contribution < -0.4 is 0 Å². The Labute approximate surface area is 103 Å². The van der Waals surface area contributed by atoms with E-state index in [1.807, 2.05) is 35.0 Å². The second kappa shape index (κ2) is 6.12. The van der Waals surface area contributed by atoms with E-state index in [1.165, 1.54) is 0 Å². The molecule has 0 spiro atoms. The number of aliphatic hydroxyl groups excluding tert-OH is 1. The number of ketones is 1. The molecule has 17 heavy (non-hydrogen) atoms. The number of hydrogen-bond donors (Lipinski definition) is 2. The molecule has 0 radical (unpaired) electrons. The van der Waals surface area contributed by atoms with E-state index in [1.54, 1.807) is 0 Å². The molecule has 2 atom stereocenters. The van der Waals surface area contributed by atoms with Crippen LogP contribution in [0.4, 0.5) is 0 Å². The third-order valence-corrected chi connectivity index (χ3v) is 2.34. The number of aliphatic carboxylic acids is 1. The van der Waals surface area contributed by atoms with E-state index in [-0.39, 0.29) is 18.9 Å². The van der Waals surface area contributed by atoms with Crippen LogP contribution in [0.2, 0.25) is 0 Å². The number of rotatable bonds is 7. The van der Waals surface area contributed by atoms with Crippen LogP contribution >= 0.6 is 0 Å². The van der Waals surface area contributed by atoms with E-state index in [2.05, 4.69) is 0 Å². The Bertz CT molecular complexity index is 281. The highest BCUT2D eigenvalue weighted by molar-refractivity contribution is 5.98. The minimum atomic E-state index is -1.31. The number of carboxylic acid groups (broad SMARTS) is 1. The summed E-state index contributed by atoms with van der Waals surface area (Å²) in [4.78, 5) is 22.8. The van der Waals surface area contributed by atoms with E-state index in [9.17, 15) is 14.7 Å². The normalized spacial score (nSPS) is 15.7. The molecule has 0 aliphatic heterocycles. The zero-order valence-corrected chi connectivity index (χ0v) is 11.3. The first-order chi connectivity index (χ1) is 7.54. The van der Waals surface area contributed by atoms with Crippen molar-refractivity contribution < 1.29 is 24.3 Å². The van der Waals surface area contributed by atoms with E-state index in [0.717, 1.165) is 0 Å². The van der Waals surface area contributed by atoms with E-state index >= 15 is 0 Å². The molecular weight excluding hydrogens is 222 g/mol. The van der Waals surface area contributed by atoms with Crippen molar-refractivity contribution >= 4 is 11.8 Å². The standard InChI is InChI=1S/C12H23NO4/c1-8(2)6-9(14)11(12(16)17)10(15)7-13(3,4)5/h8,10-11,15H,6-7H2,1-5H3/p+1. The molecule has 0 heterocycles. The van der Waals surface area contributed by atoms with Crippen LogP contribution in [0, 0.1) is 11.8 Å². The molecule has 0 amide bonds. The average molecular weight is 246 g/mol. The van der Waals surface area contributed by atoms with Crippen molar-refractivity contribution in [1.82, 2.24) is 0 Å². The maximum absolute atomic E-state index is 11.8. The summed E-state index contributed by atoms with van der Waals surface area (Å²) in [6, 6.07) is 0. The number of likely N-dealkylation sites (N-methyl/N-ethyl adjacent to an activating group) is 1. The van der Waals surface area contributed by atoms with Crippen molar-refractivity contribution in [2.24, 2.45) is 11.8 Å². The first-order valence-electron chi connectivity index (χ1n) is 5.78. The summed E-state index contributed by atoms with van der Waals surface area (Å²) in [5.74, 6) is -2.85. The number of carbonyl (C=O) groups is 2. The zero-order chi connectivity index (χ0) is 13.8. The molecule has 0 aliphatic carbocycles. The first-order valence-corrected chi connectivity index (χ1v) is 5.78. The van der Waals surface area contributed by atoms with E-state index < -0.39 is 23.8 Å². The Morgan fingerprint density at radius 3 is 1.94 bits per heavy atom. The highest BCUT2D eigenvalue weighted by atomic mass is 16.4.